The Labute approximate surface area is 76.3 Å². The standard InChI is InChI=1S/C11H8N2/c1-2-4-10-8(3-1)9-5-6-12-7-11(9)13-10/h1-6H,7H2. The summed E-state index contributed by atoms with van der Waals surface area (Å²) in [5.41, 5.74) is 4.66. The SMILES string of the molecule is C1=NCC2=Nc3ccccc3C2=C1. The highest BCUT2D eigenvalue weighted by atomic mass is 14.9. The largest absolute Gasteiger partial charge is 0.287 e. The van der Waals surface area contributed by atoms with Gasteiger partial charge in [-0.3, -0.25) is 9.98 Å². The molecule has 0 fully saturated rings. The highest BCUT2D eigenvalue weighted by Gasteiger charge is 2.20. The summed E-state index contributed by atoms with van der Waals surface area (Å²) in [5.74, 6) is 0. The number of fused-ring (bicyclic) bond motifs is 3. The van der Waals surface area contributed by atoms with Crippen LogP contribution >= 0.6 is 0 Å². The van der Waals surface area contributed by atoms with E-state index < -0.39 is 0 Å². The van der Waals surface area contributed by atoms with Crippen LogP contribution in [-0.4, -0.2) is 18.5 Å². The summed E-state index contributed by atoms with van der Waals surface area (Å²) in [5, 5.41) is 0. The summed E-state index contributed by atoms with van der Waals surface area (Å²) in [6.45, 7) is 0.723. The molecule has 2 nitrogen and oxygen atoms in total. The Morgan fingerprint density at radius 2 is 2.08 bits per heavy atom. The van der Waals surface area contributed by atoms with Crippen LogP contribution in [0.4, 0.5) is 5.69 Å². The Bertz CT molecular complexity index is 453. The van der Waals surface area contributed by atoms with Gasteiger partial charge in [-0.15, -0.1) is 0 Å². The van der Waals surface area contributed by atoms with Crippen LogP contribution in [0.5, 0.6) is 0 Å². The molecule has 0 aliphatic carbocycles. The number of benzene rings is 1. The third kappa shape index (κ3) is 0.886. The number of para-hydroxylation sites is 1. The van der Waals surface area contributed by atoms with E-state index in [0.717, 1.165) is 17.9 Å². The first kappa shape index (κ1) is 6.78. The van der Waals surface area contributed by atoms with E-state index in [1.807, 2.05) is 30.5 Å². The van der Waals surface area contributed by atoms with Gasteiger partial charge in [0.05, 0.1) is 17.9 Å². The maximum Gasteiger partial charge on any atom is 0.0818 e. The van der Waals surface area contributed by atoms with Gasteiger partial charge in [-0.05, 0) is 12.1 Å². The Balaban J connectivity index is 2.26. The van der Waals surface area contributed by atoms with Gasteiger partial charge >= 0.3 is 0 Å². The van der Waals surface area contributed by atoms with E-state index in [1.54, 1.807) is 0 Å². The number of rotatable bonds is 0. The summed E-state index contributed by atoms with van der Waals surface area (Å²) < 4.78 is 0. The fourth-order valence-electron chi connectivity index (χ4n) is 1.73. The van der Waals surface area contributed by atoms with Gasteiger partial charge in [0.2, 0.25) is 0 Å². The molecule has 2 aliphatic rings. The summed E-state index contributed by atoms with van der Waals surface area (Å²) in [4.78, 5) is 8.68. The van der Waals surface area contributed by atoms with Gasteiger partial charge < -0.3 is 0 Å². The average molecular weight is 168 g/mol. The van der Waals surface area contributed by atoms with Crippen molar-refractivity contribution in [3.63, 3.8) is 0 Å². The maximum atomic E-state index is 4.51. The van der Waals surface area contributed by atoms with Crippen molar-refractivity contribution in [1.82, 2.24) is 0 Å². The second-order valence-corrected chi connectivity index (χ2v) is 3.15. The molecule has 2 heterocycles. The summed E-state index contributed by atoms with van der Waals surface area (Å²) >= 11 is 0. The smallest absolute Gasteiger partial charge is 0.0818 e. The van der Waals surface area contributed by atoms with Gasteiger partial charge in [-0.2, -0.15) is 0 Å². The first-order chi connectivity index (χ1) is 6.45. The second-order valence-electron chi connectivity index (χ2n) is 3.15. The lowest BCUT2D eigenvalue weighted by Crippen LogP contribution is -2.05. The fraction of sp³-hybridized carbons (Fsp3) is 0.0909. The monoisotopic (exact) mass is 168 g/mol. The molecule has 0 bridgehead atoms. The van der Waals surface area contributed by atoms with Crippen molar-refractivity contribution in [2.75, 3.05) is 6.54 Å². The zero-order chi connectivity index (χ0) is 8.67. The molecule has 0 amide bonds. The molecule has 0 saturated carbocycles. The Hall–Kier alpha value is -1.70. The van der Waals surface area contributed by atoms with Crippen molar-refractivity contribution in [3.8, 4) is 0 Å². The maximum absolute atomic E-state index is 4.51. The van der Waals surface area contributed by atoms with Crippen LogP contribution in [-0.2, 0) is 0 Å². The molecular formula is C11H8N2. The van der Waals surface area contributed by atoms with E-state index in [0.29, 0.717) is 0 Å². The summed E-state index contributed by atoms with van der Waals surface area (Å²) in [6.07, 6.45) is 3.89. The number of nitrogens with zero attached hydrogens (tertiary/aromatic N) is 2. The minimum absolute atomic E-state index is 0.723. The van der Waals surface area contributed by atoms with Crippen molar-refractivity contribution >= 4 is 23.2 Å². The molecule has 2 heteroatoms. The van der Waals surface area contributed by atoms with Crippen molar-refractivity contribution in [2.24, 2.45) is 9.98 Å². The molecule has 0 unspecified atom stereocenters. The van der Waals surface area contributed by atoms with Crippen molar-refractivity contribution in [2.45, 2.75) is 0 Å². The van der Waals surface area contributed by atoms with Gasteiger partial charge in [0.15, 0.2) is 0 Å². The molecule has 0 saturated heterocycles. The van der Waals surface area contributed by atoms with Crippen LogP contribution in [0.1, 0.15) is 5.56 Å². The lowest BCUT2D eigenvalue weighted by Gasteiger charge is -2.04. The first-order valence-electron chi connectivity index (χ1n) is 4.32. The number of aliphatic imine (C=N–C) groups is 2. The van der Waals surface area contributed by atoms with Gasteiger partial charge in [0, 0.05) is 17.4 Å². The minimum atomic E-state index is 0.723. The quantitative estimate of drug-likeness (QED) is 0.567. The third-order valence-corrected chi connectivity index (χ3v) is 2.35. The third-order valence-electron chi connectivity index (χ3n) is 2.35. The summed E-state index contributed by atoms with van der Waals surface area (Å²) in [6, 6.07) is 8.21. The van der Waals surface area contributed by atoms with Crippen LogP contribution in [0.25, 0.3) is 5.57 Å². The van der Waals surface area contributed by atoms with E-state index >= 15 is 0 Å². The van der Waals surface area contributed by atoms with E-state index in [2.05, 4.69) is 16.1 Å². The molecule has 0 aromatic heterocycles. The van der Waals surface area contributed by atoms with Crippen molar-refractivity contribution in [3.05, 3.63) is 35.9 Å². The Morgan fingerprint density at radius 1 is 1.15 bits per heavy atom. The van der Waals surface area contributed by atoms with Crippen molar-refractivity contribution in [1.29, 1.82) is 0 Å². The van der Waals surface area contributed by atoms with E-state index in [-0.39, 0.29) is 0 Å². The molecule has 1 aromatic rings. The fourth-order valence-corrected chi connectivity index (χ4v) is 1.73. The lowest BCUT2D eigenvalue weighted by atomic mass is 10.0. The molecular weight excluding hydrogens is 160 g/mol. The average Bonchev–Trinajstić information content (AvgIpc) is 2.56. The predicted octanol–water partition coefficient (Wildman–Crippen LogP) is 2.24. The highest BCUT2D eigenvalue weighted by molar-refractivity contribution is 6.32. The molecule has 2 aliphatic heterocycles. The van der Waals surface area contributed by atoms with Crippen LogP contribution in [0.15, 0.2) is 40.3 Å². The summed E-state index contributed by atoms with van der Waals surface area (Å²) in [7, 11) is 0. The molecule has 0 spiro atoms. The van der Waals surface area contributed by atoms with Crippen LogP contribution in [0.3, 0.4) is 0 Å². The normalized spacial score (nSPS) is 17.5. The Kier molecular flexibility index (Phi) is 1.25. The predicted molar refractivity (Wildman–Crippen MR) is 54.9 cm³/mol. The van der Waals surface area contributed by atoms with Gasteiger partial charge in [0.1, 0.15) is 0 Å². The molecule has 0 N–H and O–H groups in total. The lowest BCUT2D eigenvalue weighted by molar-refractivity contribution is 1.31. The number of allylic oxidation sites excluding steroid dienone is 1. The zero-order valence-electron chi connectivity index (χ0n) is 7.07. The molecule has 1 aromatic carbocycles. The molecule has 62 valence electrons. The zero-order valence-corrected chi connectivity index (χ0v) is 7.07. The van der Waals surface area contributed by atoms with Crippen LogP contribution in [0, 0.1) is 0 Å². The molecule has 3 rings (SSSR count). The van der Waals surface area contributed by atoms with E-state index in [1.165, 1.54) is 11.1 Å². The molecule has 0 atom stereocenters. The minimum Gasteiger partial charge on any atom is -0.287 e. The van der Waals surface area contributed by atoms with Gasteiger partial charge in [-0.1, -0.05) is 18.2 Å². The number of dihydropyridines is 1. The number of hydrogen-bond donors (Lipinski definition) is 0. The van der Waals surface area contributed by atoms with E-state index in [4.69, 9.17) is 0 Å². The van der Waals surface area contributed by atoms with Crippen molar-refractivity contribution < 1.29 is 0 Å². The number of hydrogen-bond acceptors (Lipinski definition) is 2. The van der Waals surface area contributed by atoms with Crippen LogP contribution < -0.4 is 0 Å². The van der Waals surface area contributed by atoms with Gasteiger partial charge in [-0.25, -0.2) is 0 Å². The highest BCUT2D eigenvalue weighted by Crippen LogP contribution is 2.34. The molecule has 0 radical (unpaired) electrons. The van der Waals surface area contributed by atoms with Gasteiger partial charge in [0.25, 0.3) is 0 Å². The van der Waals surface area contributed by atoms with Crippen LogP contribution in [0.2, 0.25) is 0 Å². The first-order valence-corrected chi connectivity index (χ1v) is 4.32. The Morgan fingerprint density at radius 3 is 3.08 bits per heavy atom. The molecule has 13 heavy (non-hydrogen) atoms. The second kappa shape index (κ2) is 2.39. The topological polar surface area (TPSA) is 24.7 Å². The van der Waals surface area contributed by atoms with E-state index in [9.17, 15) is 0 Å².